The van der Waals surface area contributed by atoms with Crippen molar-refractivity contribution < 1.29 is 9.59 Å². The van der Waals surface area contributed by atoms with Gasteiger partial charge in [-0.05, 0) is 24.0 Å². The molecule has 20 heavy (non-hydrogen) atoms. The van der Waals surface area contributed by atoms with Gasteiger partial charge in [0.15, 0.2) is 0 Å². The van der Waals surface area contributed by atoms with Gasteiger partial charge in [0, 0.05) is 25.3 Å². The molecule has 1 N–H and O–H groups in total. The van der Waals surface area contributed by atoms with Gasteiger partial charge in [0.25, 0.3) is 5.24 Å². The Balaban J connectivity index is 1.51. The Morgan fingerprint density at radius 3 is 3.05 bits per heavy atom. The van der Waals surface area contributed by atoms with Crippen LogP contribution in [-0.2, 0) is 11.2 Å². The van der Waals surface area contributed by atoms with E-state index in [1.54, 1.807) is 4.90 Å². The van der Waals surface area contributed by atoms with E-state index < -0.39 is 0 Å². The van der Waals surface area contributed by atoms with Crippen molar-refractivity contribution >= 4 is 22.9 Å². The molecule has 106 valence electrons. The highest BCUT2D eigenvalue weighted by Gasteiger charge is 2.25. The van der Waals surface area contributed by atoms with Crippen LogP contribution in [0, 0.1) is 0 Å². The lowest BCUT2D eigenvalue weighted by Gasteiger charge is -2.17. The predicted octanol–water partition coefficient (Wildman–Crippen LogP) is 2.35. The second-order valence-corrected chi connectivity index (χ2v) is 6.26. The van der Waals surface area contributed by atoms with Crippen molar-refractivity contribution in [1.82, 2.24) is 10.2 Å². The number of carbonyl (C=O) groups excluding carboxylic acids is 2. The Morgan fingerprint density at radius 1 is 1.40 bits per heavy atom. The van der Waals surface area contributed by atoms with Crippen molar-refractivity contribution in [3.63, 3.8) is 0 Å². The Bertz CT molecular complexity index is 532. The highest BCUT2D eigenvalue weighted by atomic mass is 32.2. The molecule has 2 amide bonds. The molecule has 0 bridgehead atoms. The molecule has 3 rings (SSSR count). The maximum Gasteiger partial charge on any atom is 0.281 e. The number of rotatable bonds is 4. The SMILES string of the molecule is O=C(CCN1CCSC1=O)NC1CCc2ccccc21. The summed E-state index contributed by atoms with van der Waals surface area (Å²) in [7, 11) is 0. The Hall–Kier alpha value is -1.49. The summed E-state index contributed by atoms with van der Waals surface area (Å²) in [5.41, 5.74) is 2.58. The second-order valence-electron chi connectivity index (χ2n) is 5.21. The van der Waals surface area contributed by atoms with Crippen LogP contribution in [0.15, 0.2) is 24.3 Å². The number of benzene rings is 1. The summed E-state index contributed by atoms with van der Waals surface area (Å²) in [4.78, 5) is 25.2. The fraction of sp³-hybridized carbons (Fsp3) is 0.467. The van der Waals surface area contributed by atoms with Crippen molar-refractivity contribution in [2.75, 3.05) is 18.8 Å². The van der Waals surface area contributed by atoms with E-state index >= 15 is 0 Å². The molecule has 1 fully saturated rings. The maximum atomic E-state index is 12.0. The van der Waals surface area contributed by atoms with Gasteiger partial charge in [0.1, 0.15) is 0 Å². The third-order valence-electron chi connectivity index (χ3n) is 3.92. The van der Waals surface area contributed by atoms with E-state index in [0.29, 0.717) is 13.0 Å². The van der Waals surface area contributed by atoms with Crippen molar-refractivity contribution in [3.8, 4) is 0 Å². The Labute approximate surface area is 122 Å². The number of hydrogen-bond donors (Lipinski definition) is 1. The predicted molar refractivity (Wildman–Crippen MR) is 79.7 cm³/mol. The second kappa shape index (κ2) is 5.87. The standard InChI is InChI=1S/C15H18N2O2S/c18-14(7-8-17-9-10-20-15(17)19)16-13-6-5-11-3-1-2-4-12(11)13/h1-4,13H,5-10H2,(H,16,18). The van der Waals surface area contributed by atoms with Crippen LogP contribution in [-0.4, -0.2) is 34.9 Å². The molecule has 0 radical (unpaired) electrons. The minimum absolute atomic E-state index is 0.0383. The third kappa shape index (κ3) is 2.82. The average Bonchev–Trinajstić information content (AvgIpc) is 3.04. The molecule has 1 unspecified atom stereocenters. The van der Waals surface area contributed by atoms with E-state index in [1.165, 1.54) is 22.9 Å². The molecule has 1 aliphatic heterocycles. The topological polar surface area (TPSA) is 49.4 Å². The van der Waals surface area contributed by atoms with Gasteiger partial charge in [0.2, 0.25) is 5.91 Å². The lowest BCUT2D eigenvalue weighted by atomic mass is 10.1. The summed E-state index contributed by atoms with van der Waals surface area (Å²) >= 11 is 1.34. The smallest absolute Gasteiger partial charge is 0.281 e. The first kappa shape index (κ1) is 13.5. The van der Waals surface area contributed by atoms with E-state index in [9.17, 15) is 9.59 Å². The molecular weight excluding hydrogens is 272 g/mol. The van der Waals surface area contributed by atoms with Crippen molar-refractivity contribution in [2.24, 2.45) is 0 Å². The number of nitrogens with zero attached hydrogens (tertiary/aromatic N) is 1. The van der Waals surface area contributed by atoms with Crippen molar-refractivity contribution in [3.05, 3.63) is 35.4 Å². The zero-order valence-corrected chi connectivity index (χ0v) is 12.1. The molecule has 0 spiro atoms. The highest BCUT2D eigenvalue weighted by molar-refractivity contribution is 8.13. The van der Waals surface area contributed by atoms with Gasteiger partial charge in [0.05, 0.1) is 6.04 Å². The Morgan fingerprint density at radius 2 is 2.25 bits per heavy atom. The molecule has 1 saturated heterocycles. The molecule has 1 atom stereocenters. The lowest BCUT2D eigenvalue weighted by Crippen LogP contribution is -2.32. The molecule has 0 saturated carbocycles. The lowest BCUT2D eigenvalue weighted by molar-refractivity contribution is -0.122. The normalized spacial score (nSPS) is 21.1. The molecule has 1 heterocycles. The van der Waals surface area contributed by atoms with E-state index in [1.807, 2.05) is 12.1 Å². The molecular formula is C15H18N2O2S. The monoisotopic (exact) mass is 290 g/mol. The molecule has 1 aromatic rings. The van der Waals surface area contributed by atoms with Gasteiger partial charge in [-0.25, -0.2) is 0 Å². The minimum Gasteiger partial charge on any atom is -0.349 e. The molecule has 5 heteroatoms. The molecule has 1 aromatic carbocycles. The van der Waals surface area contributed by atoms with E-state index in [0.717, 1.165) is 25.1 Å². The van der Waals surface area contributed by atoms with Crippen LogP contribution >= 0.6 is 11.8 Å². The van der Waals surface area contributed by atoms with Crippen LogP contribution in [0.5, 0.6) is 0 Å². The van der Waals surface area contributed by atoms with Crippen LogP contribution in [0.3, 0.4) is 0 Å². The number of aryl methyl sites for hydroxylation is 1. The molecule has 2 aliphatic rings. The van der Waals surface area contributed by atoms with Crippen molar-refractivity contribution in [2.45, 2.75) is 25.3 Å². The summed E-state index contributed by atoms with van der Waals surface area (Å²) in [6.45, 7) is 1.30. The summed E-state index contributed by atoms with van der Waals surface area (Å²) in [6, 6.07) is 8.42. The summed E-state index contributed by atoms with van der Waals surface area (Å²) < 4.78 is 0. The summed E-state index contributed by atoms with van der Waals surface area (Å²) in [5, 5.41) is 3.19. The van der Waals surface area contributed by atoms with E-state index in [-0.39, 0.29) is 17.2 Å². The average molecular weight is 290 g/mol. The summed E-state index contributed by atoms with van der Waals surface area (Å²) in [5.74, 6) is 0.882. The van der Waals surface area contributed by atoms with E-state index in [4.69, 9.17) is 0 Å². The first-order chi connectivity index (χ1) is 9.74. The number of nitrogens with one attached hydrogen (secondary N) is 1. The van der Waals surface area contributed by atoms with Gasteiger partial charge in [-0.15, -0.1) is 0 Å². The van der Waals surface area contributed by atoms with Crippen LogP contribution in [0.4, 0.5) is 4.79 Å². The van der Waals surface area contributed by atoms with Gasteiger partial charge in [-0.1, -0.05) is 36.0 Å². The fourth-order valence-electron chi connectivity index (χ4n) is 2.84. The maximum absolute atomic E-state index is 12.0. The van der Waals surface area contributed by atoms with Gasteiger partial charge in [-0.3, -0.25) is 9.59 Å². The minimum atomic E-state index is 0.0383. The van der Waals surface area contributed by atoms with Gasteiger partial charge < -0.3 is 10.2 Å². The number of amides is 2. The number of hydrogen-bond acceptors (Lipinski definition) is 3. The largest absolute Gasteiger partial charge is 0.349 e. The van der Waals surface area contributed by atoms with E-state index in [2.05, 4.69) is 17.4 Å². The highest BCUT2D eigenvalue weighted by Crippen LogP contribution is 2.30. The number of fused-ring (bicyclic) bond motifs is 1. The van der Waals surface area contributed by atoms with Crippen molar-refractivity contribution in [1.29, 1.82) is 0 Å². The fourth-order valence-corrected chi connectivity index (χ4v) is 3.69. The first-order valence-electron chi connectivity index (χ1n) is 7.03. The Kier molecular flexibility index (Phi) is 3.96. The zero-order valence-electron chi connectivity index (χ0n) is 11.3. The zero-order chi connectivity index (χ0) is 13.9. The first-order valence-corrected chi connectivity index (χ1v) is 8.01. The van der Waals surface area contributed by atoms with Crippen LogP contribution in [0.1, 0.15) is 30.0 Å². The third-order valence-corrected chi connectivity index (χ3v) is 4.81. The van der Waals surface area contributed by atoms with Gasteiger partial charge in [-0.2, -0.15) is 0 Å². The summed E-state index contributed by atoms with van der Waals surface area (Å²) in [6.07, 6.45) is 2.40. The molecule has 1 aliphatic carbocycles. The van der Waals surface area contributed by atoms with Crippen LogP contribution in [0.2, 0.25) is 0 Å². The number of thioether (sulfide) groups is 1. The van der Waals surface area contributed by atoms with Crippen LogP contribution in [0.25, 0.3) is 0 Å². The molecule has 4 nitrogen and oxygen atoms in total. The van der Waals surface area contributed by atoms with Crippen LogP contribution < -0.4 is 5.32 Å². The quantitative estimate of drug-likeness (QED) is 0.926. The number of carbonyl (C=O) groups is 2. The molecule has 0 aromatic heterocycles. The van der Waals surface area contributed by atoms with Gasteiger partial charge >= 0.3 is 0 Å².